The zero-order valence-electron chi connectivity index (χ0n) is 23.9. The Kier molecular flexibility index (Phi) is 10.2. The number of nitrogens with one attached hydrogen (secondary N) is 1. The summed E-state index contributed by atoms with van der Waals surface area (Å²) < 4.78 is 49.3. The lowest BCUT2D eigenvalue weighted by Crippen LogP contribution is -2.54. The van der Waals surface area contributed by atoms with Gasteiger partial charge in [0.1, 0.15) is 24.2 Å². The first kappa shape index (κ1) is 32.1. The molecule has 0 unspecified atom stereocenters. The number of sulfonamides is 1. The van der Waals surface area contributed by atoms with Gasteiger partial charge in [0, 0.05) is 17.6 Å². The largest absolute Gasteiger partial charge is 0.496 e. The van der Waals surface area contributed by atoms with E-state index >= 15 is 0 Å². The van der Waals surface area contributed by atoms with Gasteiger partial charge in [-0.1, -0.05) is 35.9 Å². The second-order valence-corrected chi connectivity index (χ2v) is 13.4. The van der Waals surface area contributed by atoms with Gasteiger partial charge in [0.25, 0.3) is 10.0 Å². The second-order valence-electron chi connectivity index (χ2n) is 10.7. The smallest absolute Gasteiger partial charge is 0.264 e. The maximum Gasteiger partial charge on any atom is 0.264 e. The Labute approximate surface area is 249 Å². The van der Waals surface area contributed by atoms with Gasteiger partial charge in [-0.25, -0.2) is 12.8 Å². The van der Waals surface area contributed by atoms with Crippen LogP contribution in [0.3, 0.4) is 0 Å². The molecule has 1 atom stereocenters. The first-order valence-corrected chi connectivity index (χ1v) is 15.1. The summed E-state index contributed by atoms with van der Waals surface area (Å²) in [6, 6.07) is 15.9. The van der Waals surface area contributed by atoms with Gasteiger partial charge in [0.2, 0.25) is 11.8 Å². The summed E-state index contributed by atoms with van der Waals surface area (Å²) in [7, 11) is -2.81. The van der Waals surface area contributed by atoms with E-state index in [9.17, 15) is 22.4 Å². The molecular weight excluding hydrogens is 613 g/mol. The number of hydrogen-bond acceptors (Lipinski definition) is 5. The standard InChI is InChI=1S/C30H35BrFN3O5S/c1-20-11-13-23(14-12-20)35(41(38,39)24-15-16-27(40-6)25(31)17-24)19-28(36)34(18-22-9-7-8-10-26(22)32)21(2)29(37)33-30(3,4)5/h7-17,21H,18-19H2,1-6H3,(H,33,37)/t21-/m0/s1. The van der Waals surface area contributed by atoms with Crippen molar-refractivity contribution in [2.24, 2.45) is 0 Å². The Balaban J connectivity index is 2.07. The first-order valence-electron chi connectivity index (χ1n) is 12.9. The fraction of sp³-hybridized carbons (Fsp3) is 0.333. The molecule has 0 heterocycles. The SMILES string of the molecule is COc1ccc(S(=O)(=O)N(CC(=O)N(Cc2ccccc2F)[C@@H](C)C(=O)NC(C)(C)C)c2ccc(C)cc2)cc1Br. The average Bonchev–Trinajstić information content (AvgIpc) is 2.90. The molecule has 3 aromatic carbocycles. The number of aryl methyl sites for hydroxylation is 1. The number of carbonyl (C=O) groups is 2. The fourth-order valence-corrected chi connectivity index (χ4v) is 6.17. The summed E-state index contributed by atoms with van der Waals surface area (Å²) in [6.07, 6.45) is 0. The van der Waals surface area contributed by atoms with Crippen molar-refractivity contribution in [1.82, 2.24) is 10.2 Å². The van der Waals surface area contributed by atoms with Crippen LogP contribution in [0, 0.1) is 12.7 Å². The van der Waals surface area contributed by atoms with Crippen LogP contribution in [-0.4, -0.2) is 50.4 Å². The molecule has 0 saturated heterocycles. The minimum atomic E-state index is -4.27. The van der Waals surface area contributed by atoms with E-state index in [0.29, 0.717) is 10.2 Å². The molecule has 3 aromatic rings. The minimum absolute atomic E-state index is 0.0715. The topological polar surface area (TPSA) is 96.0 Å². The van der Waals surface area contributed by atoms with E-state index < -0.39 is 45.8 Å². The van der Waals surface area contributed by atoms with Gasteiger partial charge in [-0.15, -0.1) is 0 Å². The molecule has 0 aliphatic rings. The maximum atomic E-state index is 14.7. The molecule has 220 valence electrons. The molecule has 8 nitrogen and oxygen atoms in total. The molecule has 41 heavy (non-hydrogen) atoms. The zero-order chi connectivity index (χ0) is 30.5. The number of anilines is 1. The quantitative estimate of drug-likeness (QED) is 0.317. The van der Waals surface area contributed by atoms with Crippen LogP contribution in [0.5, 0.6) is 5.75 Å². The number of rotatable bonds is 10. The van der Waals surface area contributed by atoms with Gasteiger partial charge in [-0.3, -0.25) is 13.9 Å². The van der Waals surface area contributed by atoms with Crippen molar-refractivity contribution in [2.45, 2.75) is 57.6 Å². The summed E-state index contributed by atoms with van der Waals surface area (Å²) in [6.45, 7) is 7.94. The Morgan fingerprint density at radius 3 is 2.24 bits per heavy atom. The highest BCUT2D eigenvalue weighted by molar-refractivity contribution is 9.10. The van der Waals surface area contributed by atoms with Crippen LogP contribution in [0.4, 0.5) is 10.1 Å². The monoisotopic (exact) mass is 647 g/mol. The molecule has 0 fully saturated rings. The van der Waals surface area contributed by atoms with E-state index in [0.717, 1.165) is 9.87 Å². The molecule has 0 aliphatic carbocycles. The van der Waals surface area contributed by atoms with Gasteiger partial charge < -0.3 is 15.0 Å². The third kappa shape index (κ3) is 8.07. The molecule has 3 rings (SSSR count). The maximum absolute atomic E-state index is 14.7. The Morgan fingerprint density at radius 1 is 1.05 bits per heavy atom. The van der Waals surface area contributed by atoms with E-state index in [1.165, 1.54) is 55.3 Å². The van der Waals surface area contributed by atoms with Crippen molar-refractivity contribution in [3.63, 3.8) is 0 Å². The van der Waals surface area contributed by atoms with Gasteiger partial charge in [-0.05, 0) is 86.9 Å². The van der Waals surface area contributed by atoms with E-state index in [4.69, 9.17) is 4.74 Å². The summed E-state index contributed by atoms with van der Waals surface area (Å²) in [5, 5.41) is 2.84. The van der Waals surface area contributed by atoms with Crippen LogP contribution in [0.15, 0.2) is 76.1 Å². The number of nitrogens with zero attached hydrogens (tertiary/aromatic N) is 2. The highest BCUT2D eigenvalue weighted by atomic mass is 79.9. The molecule has 11 heteroatoms. The summed E-state index contributed by atoms with van der Waals surface area (Å²) in [5.74, 6) is -1.23. The number of halogens is 2. The highest BCUT2D eigenvalue weighted by Gasteiger charge is 2.34. The number of amides is 2. The van der Waals surface area contributed by atoms with Crippen molar-refractivity contribution in [2.75, 3.05) is 18.0 Å². The summed E-state index contributed by atoms with van der Waals surface area (Å²) >= 11 is 3.33. The van der Waals surface area contributed by atoms with Gasteiger partial charge in [0.15, 0.2) is 0 Å². The van der Waals surface area contributed by atoms with E-state index in [1.54, 1.807) is 51.1 Å². The third-order valence-corrected chi connectivity index (χ3v) is 8.67. The number of methoxy groups -OCH3 is 1. The molecule has 1 N–H and O–H groups in total. The van der Waals surface area contributed by atoms with Crippen molar-refractivity contribution < 1.29 is 27.1 Å². The highest BCUT2D eigenvalue weighted by Crippen LogP contribution is 2.31. The Bertz CT molecular complexity index is 1510. The van der Waals surface area contributed by atoms with Crippen LogP contribution < -0.4 is 14.4 Å². The molecule has 0 saturated carbocycles. The Morgan fingerprint density at radius 2 is 1.68 bits per heavy atom. The number of carbonyl (C=O) groups excluding carboxylic acids is 2. The average molecular weight is 649 g/mol. The van der Waals surface area contributed by atoms with E-state index in [1.807, 2.05) is 6.92 Å². The zero-order valence-corrected chi connectivity index (χ0v) is 26.3. The normalized spacial score (nSPS) is 12.4. The summed E-state index contributed by atoms with van der Waals surface area (Å²) in [4.78, 5) is 28.2. The second kappa shape index (κ2) is 13.0. The molecule has 0 radical (unpaired) electrons. The van der Waals surface area contributed by atoms with E-state index in [-0.39, 0.29) is 22.7 Å². The summed E-state index contributed by atoms with van der Waals surface area (Å²) in [5.41, 5.74) is 0.767. The van der Waals surface area contributed by atoms with Crippen LogP contribution >= 0.6 is 15.9 Å². The predicted octanol–water partition coefficient (Wildman–Crippen LogP) is 5.43. The fourth-order valence-electron chi connectivity index (χ4n) is 4.04. The Hall–Kier alpha value is -3.44. The van der Waals surface area contributed by atoms with Gasteiger partial charge >= 0.3 is 0 Å². The lowest BCUT2D eigenvalue weighted by atomic mass is 10.1. The van der Waals surface area contributed by atoms with Crippen LogP contribution in [-0.2, 0) is 26.2 Å². The van der Waals surface area contributed by atoms with Gasteiger partial charge in [-0.2, -0.15) is 0 Å². The molecule has 0 spiro atoms. The van der Waals surface area contributed by atoms with Crippen molar-refractivity contribution in [1.29, 1.82) is 0 Å². The number of hydrogen-bond donors (Lipinski definition) is 1. The number of benzene rings is 3. The van der Waals surface area contributed by atoms with Crippen LogP contribution in [0.25, 0.3) is 0 Å². The van der Waals surface area contributed by atoms with E-state index in [2.05, 4.69) is 21.2 Å². The molecular formula is C30H35BrFN3O5S. The number of ether oxygens (including phenoxy) is 1. The molecule has 0 bridgehead atoms. The molecule has 0 aromatic heterocycles. The molecule has 2 amide bonds. The minimum Gasteiger partial charge on any atom is -0.496 e. The lowest BCUT2D eigenvalue weighted by molar-refractivity contribution is -0.140. The van der Waals surface area contributed by atoms with Crippen LogP contribution in [0.1, 0.15) is 38.8 Å². The van der Waals surface area contributed by atoms with Crippen molar-refractivity contribution >= 4 is 43.5 Å². The first-order chi connectivity index (χ1) is 19.1. The van der Waals surface area contributed by atoms with Crippen molar-refractivity contribution in [3.05, 3.63) is 88.1 Å². The predicted molar refractivity (Wildman–Crippen MR) is 161 cm³/mol. The third-order valence-electron chi connectivity index (χ3n) is 6.28. The van der Waals surface area contributed by atoms with Crippen molar-refractivity contribution in [3.8, 4) is 5.75 Å². The lowest BCUT2D eigenvalue weighted by Gasteiger charge is -2.33. The van der Waals surface area contributed by atoms with Gasteiger partial charge in [0.05, 0.1) is 22.2 Å². The molecule has 0 aliphatic heterocycles. The van der Waals surface area contributed by atoms with Crippen LogP contribution in [0.2, 0.25) is 0 Å².